The number of carboxylic acid groups (broad SMARTS) is 1. The van der Waals surface area contributed by atoms with E-state index in [9.17, 15) is 14.7 Å². The number of amides is 2. The van der Waals surface area contributed by atoms with Crippen LogP contribution in [0.1, 0.15) is 67.4 Å². The number of nitrogens with one attached hydrogen (secondary N) is 1. The first-order valence-corrected chi connectivity index (χ1v) is 11.7. The van der Waals surface area contributed by atoms with Gasteiger partial charge in [0.25, 0.3) is 0 Å². The molecule has 1 aromatic carbocycles. The van der Waals surface area contributed by atoms with Crippen molar-refractivity contribution in [1.29, 1.82) is 0 Å². The zero-order chi connectivity index (χ0) is 25.9. The maximum atomic E-state index is 12.3. The van der Waals surface area contributed by atoms with E-state index in [0.29, 0.717) is 25.1 Å². The zero-order valence-electron chi connectivity index (χ0n) is 21.7. The topological polar surface area (TPSA) is 123 Å². The summed E-state index contributed by atoms with van der Waals surface area (Å²) in [6.45, 7) is 15.4. The Morgan fingerprint density at radius 2 is 1.76 bits per heavy atom. The average molecular weight is 480 g/mol. The molecule has 9 heteroatoms. The van der Waals surface area contributed by atoms with Crippen LogP contribution in [0.25, 0.3) is 0 Å². The van der Waals surface area contributed by atoms with Gasteiger partial charge < -0.3 is 30.4 Å². The molecule has 4 N–H and O–H groups in total. The van der Waals surface area contributed by atoms with Crippen LogP contribution in [0.5, 0.6) is 5.75 Å². The number of benzene rings is 1. The van der Waals surface area contributed by atoms with Crippen molar-refractivity contribution in [2.45, 2.75) is 90.8 Å². The van der Waals surface area contributed by atoms with Gasteiger partial charge >= 0.3 is 12.2 Å². The van der Waals surface area contributed by atoms with Gasteiger partial charge in [0.05, 0.1) is 12.1 Å². The van der Waals surface area contributed by atoms with Gasteiger partial charge in [0, 0.05) is 0 Å². The van der Waals surface area contributed by atoms with Crippen LogP contribution in [0, 0.1) is 5.92 Å². The largest absolute Gasteiger partial charge is 0.492 e. The SMILES string of the molecule is CC(C)CC1(N)OC(C)(C)N(C(=O)O)C1(C)Cc1ccc(OCCNC(=O)OC(C)(C)C)cc1. The van der Waals surface area contributed by atoms with Gasteiger partial charge in [-0.1, -0.05) is 26.0 Å². The number of carbonyl (C=O) groups excluding carboxylic acids is 1. The molecule has 34 heavy (non-hydrogen) atoms. The lowest BCUT2D eigenvalue weighted by Gasteiger charge is -2.43. The van der Waals surface area contributed by atoms with Gasteiger partial charge in [-0.3, -0.25) is 4.90 Å². The number of carbonyl (C=O) groups is 2. The van der Waals surface area contributed by atoms with Crippen molar-refractivity contribution in [3.8, 4) is 5.75 Å². The van der Waals surface area contributed by atoms with Crippen molar-refractivity contribution in [3.05, 3.63) is 29.8 Å². The minimum Gasteiger partial charge on any atom is -0.492 e. The van der Waals surface area contributed by atoms with E-state index in [-0.39, 0.29) is 12.5 Å². The summed E-state index contributed by atoms with van der Waals surface area (Å²) >= 11 is 0. The summed E-state index contributed by atoms with van der Waals surface area (Å²) in [5.74, 6) is 0.859. The lowest BCUT2D eigenvalue weighted by atomic mass is 9.78. The Balaban J connectivity index is 2.08. The Morgan fingerprint density at radius 1 is 1.18 bits per heavy atom. The molecule has 1 heterocycles. The van der Waals surface area contributed by atoms with Gasteiger partial charge in [0.15, 0.2) is 0 Å². The third kappa shape index (κ3) is 6.54. The molecule has 0 aliphatic carbocycles. The molecule has 2 amide bonds. The predicted octanol–water partition coefficient (Wildman–Crippen LogP) is 4.34. The number of hydrogen-bond donors (Lipinski definition) is 3. The van der Waals surface area contributed by atoms with Crippen LogP contribution < -0.4 is 15.8 Å². The van der Waals surface area contributed by atoms with Gasteiger partial charge in [0.2, 0.25) is 0 Å². The highest BCUT2D eigenvalue weighted by molar-refractivity contribution is 5.68. The fourth-order valence-corrected chi connectivity index (χ4v) is 4.66. The van der Waals surface area contributed by atoms with Crippen LogP contribution in [0.3, 0.4) is 0 Å². The monoisotopic (exact) mass is 479 g/mol. The zero-order valence-corrected chi connectivity index (χ0v) is 21.7. The summed E-state index contributed by atoms with van der Waals surface area (Å²) in [6.07, 6.45) is -0.660. The van der Waals surface area contributed by atoms with Crippen molar-refractivity contribution in [1.82, 2.24) is 10.2 Å². The summed E-state index contributed by atoms with van der Waals surface area (Å²) in [4.78, 5) is 25.3. The van der Waals surface area contributed by atoms with Crippen LogP contribution >= 0.6 is 0 Å². The van der Waals surface area contributed by atoms with E-state index in [2.05, 4.69) is 5.32 Å². The second kappa shape index (κ2) is 10.00. The molecular weight excluding hydrogens is 438 g/mol. The predicted molar refractivity (Wildman–Crippen MR) is 130 cm³/mol. The van der Waals surface area contributed by atoms with E-state index >= 15 is 0 Å². The van der Waals surface area contributed by atoms with E-state index in [1.54, 1.807) is 34.6 Å². The van der Waals surface area contributed by atoms with E-state index in [1.807, 2.05) is 45.0 Å². The van der Waals surface area contributed by atoms with E-state index in [0.717, 1.165) is 5.56 Å². The quantitative estimate of drug-likeness (QED) is 0.474. The maximum absolute atomic E-state index is 12.3. The highest BCUT2D eigenvalue weighted by Crippen LogP contribution is 2.48. The Hall–Kier alpha value is -2.52. The number of alkyl carbamates (subject to hydrolysis) is 1. The Labute approximate surface area is 202 Å². The number of nitrogens with zero attached hydrogens (tertiary/aromatic N) is 1. The van der Waals surface area contributed by atoms with E-state index in [4.69, 9.17) is 19.9 Å². The highest BCUT2D eigenvalue weighted by Gasteiger charge is 2.64. The van der Waals surface area contributed by atoms with Crippen molar-refractivity contribution < 1.29 is 28.9 Å². The molecule has 0 spiro atoms. The first kappa shape index (κ1) is 27.7. The molecule has 2 rings (SSSR count). The molecule has 0 saturated carbocycles. The fraction of sp³-hybridized carbons (Fsp3) is 0.680. The number of hydrogen-bond acceptors (Lipinski definition) is 6. The standard InChI is InChI=1S/C25H41N3O6/c1-17(2)15-25(26)24(8,28(21(30)31)23(6,7)34-25)16-18-9-11-19(12-10-18)32-14-13-27-20(29)33-22(3,4)5/h9-12,17H,13-16,26H2,1-8H3,(H,27,29)(H,30,31). The highest BCUT2D eigenvalue weighted by atomic mass is 16.6. The Bertz CT molecular complexity index is 864. The molecule has 9 nitrogen and oxygen atoms in total. The summed E-state index contributed by atoms with van der Waals surface area (Å²) in [5, 5.41) is 12.7. The van der Waals surface area contributed by atoms with Crippen molar-refractivity contribution in [2.24, 2.45) is 11.7 Å². The van der Waals surface area contributed by atoms with Crippen LogP contribution in [0.2, 0.25) is 0 Å². The summed E-state index contributed by atoms with van der Waals surface area (Å²) in [7, 11) is 0. The lowest BCUT2D eigenvalue weighted by Crippen LogP contribution is -2.64. The minimum absolute atomic E-state index is 0.221. The van der Waals surface area contributed by atoms with Gasteiger partial charge in [0.1, 0.15) is 29.4 Å². The fourth-order valence-electron chi connectivity index (χ4n) is 4.66. The van der Waals surface area contributed by atoms with Gasteiger partial charge in [-0.2, -0.15) is 0 Å². The van der Waals surface area contributed by atoms with Crippen molar-refractivity contribution >= 4 is 12.2 Å². The third-order valence-corrected chi connectivity index (χ3v) is 5.79. The molecule has 0 aromatic heterocycles. The normalized spacial score (nSPS) is 24.2. The van der Waals surface area contributed by atoms with Crippen LogP contribution in [-0.2, 0) is 15.9 Å². The molecule has 2 unspecified atom stereocenters. The molecule has 1 aromatic rings. The van der Waals surface area contributed by atoms with E-state index < -0.39 is 34.8 Å². The molecule has 2 atom stereocenters. The molecule has 192 valence electrons. The van der Waals surface area contributed by atoms with Crippen molar-refractivity contribution in [2.75, 3.05) is 13.2 Å². The van der Waals surface area contributed by atoms with E-state index in [1.165, 1.54) is 4.90 Å². The van der Waals surface area contributed by atoms with Gasteiger partial charge in [-0.05, 0) is 78.0 Å². The van der Waals surface area contributed by atoms with Gasteiger partial charge in [-0.25, -0.2) is 9.59 Å². The molecule has 1 fully saturated rings. The van der Waals surface area contributed by atoms with Gasteiger partial charge in [-0.15, -0.1) is 0 Å². The second-order valence-corrected chi connectivity index (χ2v) is 11.0. The molecule has 1 saturated heterocycles. The molecule has 0 radical (unpaired) electrons. The third-order valence-electron chi connectivity index (χ3n) is 5.79. The molecular formula is C25H41N3O6. The Kier molecular flexibility index (Phi) is 8.15. The molecule has 1 aliphatic rings. The average Bonchev–Trinajstić information content (AvgIpc) is 2.78. The number of rotatable bonds is 8. The van der Waals surface area contributed by atoms with Crippen LogP contribution in [0.4, 0.5) is 9.59 Å². The first-order chi connectivity index (χ1) is 15.5. The Morgan fingerprint density at radius 3 is 2.26 bits per heavy atom. The summed E-state index contributed by atoms with van der Waals surface area (Å²) in [6, 6.07) is 7.42. The summed E-state index contributed by atoms with van der Waals surface area (Å²) < 4.78 is 17.1. The smallest absolute Gasteiger partial charge is 0.410 e. The molecule has 0 bridgehead atoms. The number of nitrogens with two attached hydrogens (primary N) is 1. The number of ether oxygens (including phenoxy) is 3. The van der Waals surface area contributed by atoms with Crippen LogP contribution in [0.15, 0.2) is 24.3 Å². The maximum Gasteiger partial charge on any atom is 0.410 e. The minimum atomic E-state index is -1.15. The van der Waals surface area contributed by atoms with Crippen molar-refractivity contribution in [3.63, 3.8) is 0 Å². The molecule has 1 aliphatic heterocycles. The first-order valence-electron chi connectivity index (χ1n) is 11.7. The summed E-state index contributed by atoms with van der Waals surface area (Å²) in [5.41, 5.74) is 3.94. The van der Waals surface area contributed by atoms with Crippen LogP contribution in [-0.4, -0.2) is 57.9 Å². The lowest BCUT2D eigenvalue weighted by molar-refractivity contribution is -0.119. The second-order valence-electron chi connectivity index (χ2n) is 11.0.